The topological polar surface area (TPSA) is 50.8 Å². The molecule has 3 aromatic rings. The van der Waals surface area contributed by atoms with Gasteiger partial charge in [0.2, 0.25) is 0 Å². The molecule has 0 aliphatic rings. The Balaban J connectivity index is 1.63. The van der Waals surface area contributed by atoms with Crippen LogP contribution in [0.3, 0.4) is 0 Å². The van der Waals surface area contributed by atoms with Crippen molar-refractivity contribution in [2.75, 3.05) is 6.61 Å². The first-order valence-corrected chi connectivity index (χ1v) is 7.73. The van der Waals surface area contributed by atoms with Crippen LogP contribution in [0.15, 0.2) is 42.7 Å². The van der Waals surface area contributed by atoms with E-state index in [4.69, 9.17) is 10.00 Å². The van der Waals surface area contributed by atoms with Crippen LogP contribution in [0.5, 0.6) is 5.75 Å². The number of nitriles is 1. The van der Waals surface area contributed by atoms with Crippen LogP contribution in [0.25, 0.3) is 11.0 Å². The van der Waals surface area contributed by atoms with Gasteiger partial charge in [-0.3, -0.25) is 0 Å². The maximum absolute atomic E-state index is 9.05. The minimum Gasteiger partial charge on any atom is -0.492 e. The normalized spacial score (nSPS) is 10.7. The zero-order chi connectivity index (χ0) is 16.2. The fourth-order valence-corrected chi connectivity index (χ4v) is 2.59. The first-order chi connectivity index (χ1) is 11.2. The lowest BCUT2D eigenvalue weighted by molar-refractivity contribution is 0.302. The number of para-hydroxylation sites is 1. The Bertz CT molecular complexity index is 874. The van der Waals surface area contributed by atoms with E-state index in [9.17, 15) is 0 Å². The Hall–Kier alpha value is -2.80. The van der Waals surface area contributed by atoms with Gasteiger partial charge in [0, 0.05) is 6.54 Å². The average Bonchev–Trinajstić information content (AvgIpc) is 2.94. The lowest BCUT2D eigenvalue weighted by Crippen LogP contribution is -2.04. The molecule has 2 aromatic carbocycles. The maximum Gasteiger partial charge on any atom is 0.137 e. The Morgan fingerprint density at radius 2 is 1.96 bits per heavy atom. The number of hydrogen-bond donors (Lipinski definition) is 0. The van der Waals surface area contributed by atoms with E-state index < -0.39 is 0 Å². The molecule has 0 unspecified atom stereocenters. The summed E-state index contributed by atoms with van der Waals surface area (Å²) in [6, 6.07) is 13.8. The number of fused-ring (bicyclic) bond motifs is 1. The molecule has 0 saturated carbocycles. The first kappa shape index (κ1) is 15.1. The van der Waals surface area contributed by atoms with Crippen molar-refractivity contribution in [3.05, 3.63) is 59.4 Å². The Labute approximate surface area is 136 Å². The minimum absolute atomic E-state index is 0.573. The standard InChI is InChI=1S/C19H19N3O/c1-14-10-17-18(11-15(14)2)22(13-21-17)8-5-9-23-19-7-4-3-6-16(19)12-20/h3-4,6-7,10-11,13H,5,8-9H2,1-2H3. The SMILES string of the molecule is Cc1cc2ncn(CCCOc3ccccc3C#N)c2cc1C. The van der Waals surface area contributed by atoms with Crippen molar-refractivity contribution >= 4 is 11.0 Å². The van der Waals surface area contributed by atoms with Crippen LogP contribution in [-0.4, -0.2) is 16.2 Å². The summed E-state index contributed by atoms with van der Waals surface area (Å²) in [5, 5.41) is 9.05. The highest BCUT2D eigenvalue weighted by Gasteiger charge is 2.05. The van der Waals surface area contributed by atoms with Crippen molar-refractivity contribution in [1.82, 2.24) is 9.55 Å². The number of benzene rings is 2. The van der Waals surface area contributed by atoms with Crippen molar-refractivity contribution in [3.63, 3.8) is 0 Å². The monoisotopic (exact) mass is 305 g/mol. The molecule has 116 valence electrons. The summed E-state index contributed by atoms with van der Waals surface area (Å²) in [6.07, 6.45) is 2.74. The highest BCUT2D eigenvalue weighted by Crippen LogP contribution is 2.19. The molecule has 0 radical (unpaired) electrons. The van der Waals surface area contributed by atoms with E-state index in [1.807, 2.05) is 24.5 Å². The van der Waals surface area contributed by atoms with E-state index >= 15 is 0 Å². The van der Waals surface area contributed by atoms with Crippen molar-refractivity contribution in [2.45, 2.75) is 26.8 Å². The molecule has 0 aliphatic carbocycles. The maximum atomic E-state index is 9.05. The summed E-state index contributed by atoms with van der Waals surface area (Å²) < 4.78 is 7.88. The van der Waals surface area contributed by atoms with Crippen LogP contribution >= 0.6 is 0 Å². The molecule has 1 heterocycles. The van der Waals surface area contributed by atoms with Gasteiger partial charge >= 0.3 is 0 Å². The number of aryl methyl sites for hydroxylation is 3. The third-order valence-electron chi connectivity index (χ3n) is 4.04. The second-order valence-corrected chi connectivity index (χ2v) is 5.67. The lowest BCUT2D eigenvalue weighted by atomic mass is 10.1. The summed E-state index contributed by atoms with van der Waals surface area (Å²) in [5.74, 6) is 0.650. The van der Waals surface area contributed by atoms with E-state index in [0.29, 0.717) is 17.9 Å². The van der Waals surface area contributed by atoms with E-state index in [2.05, 4.69) is 41.6 Å². The molecule has 4 nitrogen and oxygen atoms in total. The predicted octanol–water partition coefficient (Wildman–Crippen LogP) is 3.99. The summed E-state index contributed by atoms with van der Waals surface area (Å²) >= 11 is 0. The summed E-state index contributed by atoms with van der Waals surface area (Å²) in [5.41, 5.74) is 5.30. The number of imidazole rings is 1. The van der Waals surface area contributed by atoms with Gasteiger partial charge in [-0.2, -0.15) is 5.26 Å². The summed E-state index contributed by atoms with van der Waals surface area (Å²) in [6.45, 7) is 5.64. The van der Waals surface area contributed by atoms with Gasteiger partial charge in [-0.25, -0.2) is 4.98 Å². The van der Waals surface area contributed by atoms with Crippen molar-refractivity contribution in [2.24, 2.45) is 0 Å². The Morgan fingerprint density at radius 1 is 1.17 bits per heavy atom. The van der Waals surface area contributed by atoms with Gasteiger partial charge in [0.15, 0.2) is 0 Å². The summed E-state index contributed by atoms with van der Waals surface area (Å²) in [7, 11) is 0. The van der Waals surface area contributed by atoms with Gasteiger partial charge in [-0.05, 0) is 55.7 Å². The third-order valence-corrected chi connectivity index (χ3v) is 4.04. The van der Waals surface area contributed by atoms with Crippen LogP contribution in [0.1, 0.15) is 23.1 Å². The number of aromatic nitrogens is 2. The third kappa shape index (κ3) is 3.19. The Kier molecular flexibility index (Phi) is 4.29. The van der Waals surface area contributed by atoms with Crippen molar-refractivity contribution in [3.8, 4) is 11.8 Å². The average molecular weight is 305 g/mol. The molecular weight excluding hydrogens is 286 g/mol. The molecule has 0 atom stereocenters. The van der Waals surface area contributed by atoms with E-state index in [1.165, 1.54) is 11.1 Å². The molecular formula is C19H19N3O. The predicted molar refractivity (Wildman–Crippen MR) is 90.5 cm³/mol. The number of hydrogen-bond acceptors (Lipinski definition) is 3. The van der Waals surface area contributed by atoms with Crippen molar-refractivity contribution in [1.29, 1.82) is 5.26 Å². The fourth-order valence-electron chi connectivity index (χ4n) is 2.59. The van der Waals surface area contributed by atoms with Crippen LogP contribution in [-0.2, 0) is 6.54 Å². The van der Waals surface area contributed by atoms with Crippen LogP contribution in [0.2, 0.25) is 0 Å². The molecule has 0 fully saturated rings. The van der Waals surface area contributed by atoms with Gasteiger partial charge in [0.1, 0.15) is 11.8 Å². The van der Waals surface area contributed by atoms with E-state index in [0.717, 1.165) is 24.0 Å². The highest BCUT2D eigenvalue weighted by molar-refractivity contribution is 5.77. The lowest BCUT2D eigenvalue weighted by Gasteiger charge is -2.09. The molecule has 0 aliphatic heterocycles. The smallest absolute Gasteiger partial charge is 0.137 e. The van der Waals surface area contributed by atoms with Crippen molar-refractivity contribution < 1.29 is 4.74 Å². The van der Waals surface area contributed by atoms with Gasteiger partial charge in [0.25, 0.3) is 0 Å². The van der Waals surface area contributed by atoms with Gasteiger partial charge in [-0.15, -0.1) is 0 Å². The van der Waals surface area contributed by atoms with E-state index in [-0.39, 0.29) is 0 Å². The second-order valence-electron chi connectivity index (χ2n) is 5.67. The quantitative estimate of drug-likeness (QED) is 0.670. The Morgan fingerprint density at radius 3 is 2.78 bits per heavy atom. The second kappa shape index (κ2) is 6.53. The van der Waals surface area contributed by atoms with Crippen LogP contribution < -0.4 is 4.74 Å². The minimum atomic E-state index is 0.573. The van der Waals surface area contributed by atoms with Gasteiger partial charge in [0.05, 0.1) is 29.5 Å². The largest absolute Gasteiger partial charge is 0.492 e. The van der Waals surface area contributed by atoms with Crippen LogP contribution in [0.4, 0.5) is 0 Å². The first-order valence-electron chi connectivity index (χ1n) is 7.73. The zero-order valence-electron chi connectivity index (χ0n) is 13.4. The molecule has 0 amide bonds. The zero-order valence-corrected chi connectivity index (χ0v) is 13.4. The molecule has 0 N–H and O–H groups in total. The number of rotatable bonds is 5. The molecule has 0 bridgehead atoms. The van der Waals surface area contributed by atoms with Crippen LogP contribution in [0, 0.1) is 25.2 Å². The summed E-state index contributed by atoms with van der Waals surface area (Å²) in [4.78, 5) is 4.46. The van der Waals surface area contributed by atoms with Gasteiger partial charge < -0.3 is 9.30 Å². The highest BCUT2D eigenvalue weighted by atomic mass is 16.5. The van der Waals surface area contributed by atoms with E-state index in [1.54, 1.807) is 6.07 Å². The van der Waals surface area contributed by atoms with Gasteiger partial charge in [-0.1, -0.05) is 12.1 Å². The molecule has 0 spiro atoms. The fraction of sp³-hybridized carbons (Fsp3) is 0.263. The molecule has 23 heavy (non-hydrogen) atoms. The number of ether oxygens (including phenoxy) is 1. The molecule has 0 saturated heterocycles. The molecule has 4 heteroatoms. The number of nitrogens with zero attached hydrogens (tertiary/aromatic N) is 3. The molecule has 1 aromatic heterocycles. The molecule has 3 rings (SSSR count).